The van der Waals surface area contributed by atoms with Gasteiger partial charge in [-0.1, -0.05) is 0 Å². The summed E-state index contributed by atoms with van der Waals surface area (Å²) >= 11 is 0. The zero-order chi connectivity index (χ0) is 13.3. The largest absolute Gasteiger partial charge is 0.369 e. The summed E-state index contributed by atoms with van der Waals surface area (Å²) in [5, 5.41) is 4.19. The fourth-order valence-electron chi connectivity index (χ4n) is 2.71. The van der Waals surface area contributed by atoms with E-state index in [-0.39, 0.29) is 23.9 Å². The number of likely N-dealkylation sites (tertiary alicyclic amines) is 1. The van der Waals surface area contributed by atoms with Crippen molar-refractivity contribution < 1.29 is 4.79 Å². The summed E-state index contributed by atoms with van der Waals surface area (Å²) in [4.78, 5) is 13.5. The first kappa shape index (κ1) is 13.0. The number of amides is 1. The lowest BCUT2D eigenvalue weighted by Crippen LogP contribution is -2.39. The summed E-state index contributed by atoms with van der Waals surface area (Å²) in [6, 6.07) is 0.0869. The monoisotopic (exact) mass is 251 g/mol. The summed E-state index contributed by atoms with van der Waals surface area (Å²) in [6.07, 6.45) is 4.63. The van der Waals surface area contributed by atoms with Crippen LogP contribution in [-0.2, 0) is 11.8 Å². The molecule has 0 radical (unpaired) electrons. The molecule has 100 valence electrons. The highest BCUT2D eigenvalue weighted by atomic mass is 16.1. The van der Waals surface area contributed by atoms with Gasteiger partial charge in [0.1, 0.15) is 0 Å². The van der Waals surface area contributed by atoms with Crippen molar-refractivity contribution in [2.75, 3.05) is 13.1 Å². The highest BCUT2D eigenvalue weighted by molar-refractivity contribution is 5.77. The number of aryl methyl sites for hydroxylation is 1. The third-order valence-electron chi connectivity index (χ3n) is 3.58. The lowest BCUT2D eigenvalue weighted by molar-refractivity contribution is -0.121. The predicted molar refractivity (Wildman–Crippen MR) is 68.5 cm³/mol. The maximum Gasteiger partial charge on any atom is 0.221 e. The van der Waals surface area contributed by atoms with Crippen LogP contribution in [0.5, 0.6) is 0 Å². The summed E-state index contributed by atoms with van der Waals surface area (Å²) < 4.78 is 1.77. The second kappa shape index (κ2) is 5.07. The fourth-order valence-corrected chi connectivity index (χ4v) is 2.71. The van der Waals surface area contributed by atoms with Crippen molar-refractivity contribution in [1.29, 1.82) is 0 Å². The minimum atomic E-state index is -0.216. The van der Waals surface area contributed by atoms with E-state index in [2.05, 4.69) is 10.00 Å². The molecule has 3 unspecified atom stereocenters. The number of rotatable bonds is 4. The first-order chi connectivity index (χ1) is 8.49. The molecule has 2 rings (SSSR count). The van der Waals surface area contributed by atoms with Crippen LogP contribution in [0.2, 0.25) is 0 Å². The molecule has 1 aliphatic heterocycles. The minimum absolute atomic E-state index is 0.0131. The highest BCUT2D eigenvalue weighted by Gasteiger charge is 2.33. The Kier molecular flexibility index (Phi) is 3.68. The number of hydrogen-bond acceptors (Lipinski definition) is 4. The lowest BCUT2D eigenvalue weighted by Gasteiger charge is -2.30. The number of carbonyl (C=O) groups excluding carboxylic acids is 1. The van der Waals surface area contributed by atoms with Crippen LogP contribution in [0.4, 0.5) is 0 Å². The molecule has 3 atom stereocenters. The maximum absolute atomic E-state index is 11.2. The van der Waals surface area contributed by atoms with Crippen molar-refractivity contribution >= 4 is 5.91 Å². The second-order valence-corrected chi connectivity index (χ2v) is 5.13. The Balaban J connectivity index is 2.15. The number of aromatic nitrogens is 2. The van der Waals surface area contributed by atoms with Crippen LogP contribution in [0, 0.1) is 5.92 Å². The van der Waals surface area contributed by atoms with Crippen LogP contribution in [0.1, 0.15) is 24.9 Å². The molecule has 0 spiro atoms. The molecule has 0 aliphatic carbocycles. The van der Waals surface area contributed by atoms with Crippen molar-refractivity contribution in [3.8, 4) is 0 Å². The Bertz CT molecular complexity index is 428. The van der Waals surface area contributed by atoms with Gasteiger partial charge in [0.25, 0.3) is 0 Å². The average Bonchev–Trinajstić information content (AvgIpc) is 2.88. The van der Waals surface area contributed by atoms with E-state index in [0.717, 1.165) is 18.5 Å². The second-order valence-electron chi connectivity index (χ2n) is 5.13. The number of nitrogens with two attached hydrogens (primary N) is 2. The topological polar surface area (TPSA) is 90.2 Å². The van der Waals surface area contributed by atoms with Gasteiger partial charge >= 0.3 is 0 Å². The van der Waals surface area contributed by atoms with Gasteiger partial charge in [0.2, 0.25) is 5.91 Å². The standard InChI is InChI=1S/C12H21N5O/c1-8(13)11(10-5-15-16(2)6-10)17-4-3-9(7-17)12(14)18/h5-6,8-9,11H,3-4,7,13H2,1-2H3,(H2,14,18). The van der Waals surface area contributed by atoms with Crippen molar-refractivity contribution in [1.82, 2.24) is 14.7 Å². The number of nitrogens with zero attached hydrogens (tertiary/aromatic N) is 3. The molecule has 1 aliphatic rings. The van der Waals surface area contributed by atoms with Gasteiger partial charge in [-0.3, -0.25) is 14.4 Å². The van der Waals surface area contributed by atoms with Crippen molar-refractivity contribution in [2.24, 2.45) is 24.4 Å². The van der Waals surface area contributed by atoms with Gasteiger partial charge in [-0.25, -0.2) is 0 Å². The summed E-state index contributed by atoms with van der Waals surface area (Å²) in [7, 11) is 1.89. The Morgan fingerprint density at radius 1 is 1.61 bits per heavy atom. The predicted octanol–water partition coefficient (Wildman–Crippen LogP) is -0.384. The van der Waals surface area contributed by atoms with E-state index in [9.17, 15) is 4.79 Å². The Morgan fingerprint density at radius 2 is 2.33 bits per heavy atom. The number of primary amides is 1. The summed E-state index contributed by atoms with van der Waals surface area (Å²) in [5.41, 5.74) is 12.5. The molecule has 2 heterocycles. The molecule has 1 saturated heterocycles. The molecule has 1 aromatic rings. The quantitative estimate of drug-likeness (QED) is 0.763. The van der Waals surface area contributed by atoms with E-state index in [1.165, 1.54) is 0 Å². The zero-order valence-corrected chi connectivity index (χ0v) is 10.9. The van der Waals surface area contributed by atoms with Gasteiger partial charge < -0.3 is 11.5 Å². The van der Waals surface area contributed by atoms with E-state index in [1.807, 2.05) is 26.4 Å². The molecule has 6 heteroatoms. The fraction of sp³-hybridized carbons (Fsp3) is 0.667. The molecular formula is C12H21N5O. The van der Waals surface area contributed by atoms with E-state index >= 15 is 0 Å². The molecule has 1 aromatic heterocycles. The van der Waals surface area contributed by atoms with Crippen LogP contribution in [-0.4, -0.2) is 39.7 Å². The number of carbonyl (C=O) groups is 1. The molecule has 4 N–H and O–H groups in total. The smallest absolute Gasteiger partial charge is 0.221 e. The minimum Gasteiger partial charge on any atom is -0.369 e. The molecule has 1 fully saturated rings. The Morgan fingerprint density at radius 3 is 2.78 bits per heavy atom. The summed E-state index contributed by atoms with van der Waals surface area (Å²) in [5.74, 6) is -0.268. The average molecular weight is 251 g/mol. The maximum atomic E-state index is 11.2. The van der Waals surface area contributed by atoms with Crippen molar-refractivity contribution in [3.63, 3.8) is 0 Å². The third kappa shape index (κ3) is 2.54. The third-order valence-corrected chi connectivity index (χ3v) is 3.58. The molecule has 0 aromatic carbocycles. The van der Waals surface area contributed by atoms with Gasteiger partial charge in [0.15, 0.2) is 0 Å². The zero-order valence-electron chi connectivity index (χ0n) is 10.9. The van der Waals surface area contributed by atoms with Gasteiger partial charge in [0.05, 0.1) is 18.2 Å². The Labute approximate surface area is 107 Å². The van der Waals surface area contributed by atoms with Gasteiger partial charge in [0, 0.05) is 31.4 Å². The van der Waals surface area contributed by atoms with Crippen LogP contribution < -0.4 is 11.5 Å². The molecule has 18 heavy (non-hydrogen) atoms. The van der Waals surface area contributed by atoms with E-state index in [0.29, 0.717) is 6.54 Å². The van der Waals surface area contributed by atoms with E-state index in [1.54, 1.807) is 4.68 Å². The van der Waals surface area contributed by atoms with Gasteiger partial charge in [-0.05, 0) is 19.9 Å². The SMILES string of the molecule is CC(N)C(c1cnn(C)c1)N1CCC(C(N)=O)C1. The van der Waals surface area contributed by atoms with E-state index in [4.69, 9.17) is 11.5 Å². The van der Waals surface area contributed by atoms with Crippen LogP contribution in [0.15, 0.2) is 12.4 Å². The van der Waals surface area contributed by atoms with Crippen molar-refractivity contribution in [2.45, 2.75) is 25.4 Å². The van der Waals surface area contributed by atoms with Crippen LogP contribution >= 0.6 is 0 Å². The lowest BCUT2D eigenvalue weighted by atomic mass is 10.0. The molecule has 6 nitrogen and oxygen atoms in total. The number of hydrogen-bond donors (Lipinski definition) is 2. The molecular weight excluding hydrogens is 230 g/mol. The van der Waals surface area contributed by atoms with Crippen LogP contribution in [0.25, 0.3) is 0 Å². The molecule has 0 bridgehead atoms. The Hall–Kier alpha value is -1.40. The van der Waals surface area contributed by atoms with E-state index < -0.39 is 0 Å². The summed E-state index contributed by atoms with van der Waals surface area (Å²) in [6.45, 7) is 3.53. The highest BCUT2D eigenvalue weighted by Crippen LogP contribution is 2.29. The molecule has 1 amide bonds. The molecule has 0 saturated carbocycles. The first-order valence-corrected chi connectivity index (χ1v) is 6.26. The van der Waals surface area contributed by atoms with Crippen LogP contribution in [0.3, 0.4) is 0 Å². The normalized spacial score (nSPS) is 24.1. The van der Waals surface area contributed by atoms with Gasteiger partial charge in [-0.2, -0.15) is 5.10 Å². The van der Waals surface area contributed by atoms with Gasteiger partial charge in [-0.15, -0.1) is 0 Å². The first-order valence-electron chi connectivity index (χ1n) is 6.26. The van der Waals surface area contributed by atoms with Crippen molar-refractivity contribution in [3.05, 3.63) is 18.0 Å².